The molecule has 0 amide bonds. The number of hydrogen-bond acceptors (Lipinski definition) is 2. The van der Waals surface area contributed by atoms with Crippen LogP contribution in [-0.4, -0.2) is 11.1 Å². The maximum absolute atomic E-state index is 10.8. The van der Waals surface area contributed by atoms with E-state index in [4.69, 9.17) is 10.8 Å². The van der Waals surface area contributed by atoms with Gasteiger partial charge < -0.3 is 10.8 Å². The van der Waals surface area contributed by atoms with Crippen molar-refractivity contribution in [1.82, 2.24) is 0 Å². The van der Waals surface area contributed by atoms with E-state index in [0.717, 1.165) is 11.1 Å². The summed E-state index contributed by atoms with van der Waals surface area (Å²) in [7, 11) is 0. The first-order chi connectivity index (χ1) is 8.58. The third kappa shape index (κ3) is 2.57. The van der Waals surface area contributed by atoms with Crippen molar-refractivity contribution in [2.75, 3.05) is 0 Å². The minimum Gasteiger partial charge on any atom is -0.480 e. The molecule has 1 atom stereocenters. The molecule has 0 radical (unpaired) electrons. The van der Waals surface area contributed by atoms with Crippen molar-refractivity contribution in [3.05, 3.63) is 59.7 Å². The Morgan fingerprint density at radius 3 is 1.89 bits per heavy atom. The lowest BCUT2D eigenvalue weighted by Gasteiger charge is -2.08. The zero-order valence-electron chi connectivity index (χ0n) is 10.1. The van der Waals surface area contributed by atoms with E-state index >= 15 is 0 Å². The average Bonchev–Trinajstić information content (AvgIpc) is 2.39. The van der Waals surface area contributed by atoms with Gasteiger partial charge in [0.25, 0.3) is 0 Å². The number of hydrogen-bond donors (Lipinski definition) is 2. The molecular formula is C15H15NO2. The minimum atomic E-state index is -1.02. The Kier molecular flexibility index (Phi) is 3.44. The highest BCUT2D eigenvalue weighted by Gasteiger charge is 2.13. The van der Waals surface area contributed by atoms with Crippen LogP contribution >= 0.6 is 0 Å². The summed E-state index contributed by atoms with van der Waals surface area (Å²) in [6.07, 6.45) is 0. The van der Waals surface area contributed by atoms with Gasteiger partial charge >= 0.3 is 5.97 Å². The number of aliphatic carboxylic acids is 1. The molecule has 2 aromatic rings. The normalized spacial score (nSPS) is 12.1. The van der Waals surface area contributed by atoms with Gasteiger partial charge in [-0.3, -0.25) is 4.79 Å². The van der Waals surface area contributed by atoms with E-state index in [0.29, 0.717) is 5.56 Å². The van der Waals surface area contributed by atoms with Crippen molar-refractivity contribution in [1.29, 1.82) is 0 Å². The van der Waals surface area contributed by atoms with Gasteiger partial charge in [0, 0.05) is 0 Å². The molecule has 0 aliphatic carbocycles. The molecule has 3 nitrogen and oxygen atoms in total. The molecule has 0 saturated carbocycles. The highest BCUT2D eigenvalue weighted by molar-refractivity contribution is 5.75. The van der Waals surface area contributed by atoms with E-state index in [1.165, 1.54) is 5.56 Å². The van der Waals surface area contributed by atoms with Crippen LogP contribution in [0.2, 0.25) is 0 Å². The van der Waals surface area contributed by atoms with Crippen LogP contribution in [0, 0.1) is 6.92 Å². The first-order valence-corrected chi connectivity index (χ1v) is 5.73. The Balaban J connectivity index is 2.27. The Morgan fingerprint density at radius 2 is 1.44 bits per heavy atom. The third-order valence-corrected chi connectivity index (χ3v) is 2.92. The molecule has 0 aliphatic rings. The highest BCUT2D eigenvalue weighted by Crippen LogP contribution is 2.21. The van der Waals surface area contributed by atoms with E-state index in [-0.39, 0.29) is 0 Å². The van der Waals surface area contributed by atoms with Crippen LogP contribution in [0.15, 0.2) is 48.5 Å². The topological polar surface area (TPSA) is 63.3 Å². The van der Waals surface area contributed by atoms with E-state index < -0.39 is 12.0 Å². The molecule has 0 bridgehead atoms. The second-order valence-corrected chi connectivity index (χ2v) is 4.30. The standard InChI is InChI=1S/C15H15NO2/c1-10-2-4-11(5-3-10)12-6-8-13(9-7-12)14(16)15(17)18/h2-9,14H,16H2,1H3,(H,17,18). The summed E-state index contributed by atoms with van der Waals surface area (Å²) in [5, 5.41) is 8.83. The quantitative estimate of drug-likeness (QED) is 0.868. The summed E-state index contributed by atoms with van der Waals surface area (Å²) in [6.45, 7) is 2.04. The van der Waals surface area contributed by atoms with Crippen LogP contribution in [0.4, 0.5) is 0 Å². The fourth-order valence-corrected chi connectivity index (χ4v) is 1.77. The summed E-state index contributed by atoms with van der Waals surface area (Å²) in [6, 6.07) is 14.5. The molecule has 0 saturated heterocycles. The number of carboxylic acids is 1. The zero-order valence-corrected chi connectivity index (χ0v) is 10.1. The van der Waals surface area contributed by atoms with Crippen LogP contribution in [0.5, 0.6) is 0 Å². The minimum absolute atomic E-state index is 0.610. The predicted octanol–water partition coefficient (Wildman–Crippen LogP) is 2.75. The van der Waals surface area contributed by atoms with Crippen LogP contribution in [0.1, 0.15) is 17.2 Å². The number of nitrogens with two attached hydrogens (primary N) is 1. The van der Waals surface area contributed by atoms with Crippen LogP contribution in [0.3, 0.4) is 0 Å². The summed E-state index contributed by atoms with van der Waals surface area (Å²) in [5.41, 5.74) is 9.53. The maximum Gasteiger partial charge on any atom is 0.325 e. The van der Waals surface area contributed by atoms with E-state index in [9.17, 15) is 4.79 Å². The number of aryl methyl sites for hydroxylation is 1. The van der Waals surface area contributed by atoms with E-state index in [1.54, 1.807) is 12.1 Å². The molecule has 92 valence electrons. The molecule has 0 spiro atoms. The van der Waals surface area contributed by atoms with Gasteiger partial charge in [-0.1, -0.05) is 54.1 Å². The third-order valence-electron chi connectivity index (χ3n) is 2.92. The molecule has 18 heavy (non-hydrogen) atoms. The molecule has 0 fully saturated rings. The van der Waals surface area contributed by atoms with Crippen molar-refractivity contribution < 1.29 is 9.90 Å². The first-order valence-electron chi connectivity index (χ1n) is 5.73. The van der Waals surface area contributed by atoms with Gasteiger partial charge in [0.1, 0.15) is 6.04 Å². The fourth-order valence-electron chi connectivity index (χ4n) is 1.77. The Bertz CT molecular complexity index is 544. The van der Waals surface area contributed by atoms with Gasteiger partial charge in [0.2, 0.25) is 0 Å². The van der Waals surface area contributed by atoms with Crippen LogP contribution < -0.4 is 5.73 Å². The zero-order chi connectivity index (χ0) is 13.1. The summed E-state index contributed by atoms with van der Waals surface area (Å²) in [4.78, 5) is 10.8. The van der Waals surface area contributed by atoms with Gasteiger partial charge in [0.05, 0.1) is 0 Å². The molecule has 2 rings (SSSR count). The van der Waals surface area contributed by atoms with Crippen LogP contribution in [0.25, 0.3) is 11.1 Å². The van der Waals surface area contributed by atoms with Gasteiger partial charge in [-0.25, -0.2) is 0 Å². The second-order valence-electron chi connectivity index (χ2n) is 4.30. The number of benzene rings is 2. The Hall–Kier alpha value is -2.13. The van der Waals surface area contributed by atoms with Gasteiger partial charge in [-0.05, 0) is 23.6 Å². The number of carboxylic acid groups (broad SMARTS) is 1. The molecule has 0 aromatic heterocycles. The maximum atomic E-state index is 10.8. The predicted molar refractivity (Wildman–Crippen MR) is 71.2 cm³/mol. The molecule has 0 aliphatic heterocycles. The molecule has 3 N–H and O–H groups in total. The number of rotatable bonds is 3. The first kappa shape index (κ1) is 12.3. The van der Waals surface area contributed by atoms with Gasteiger partial charge in [0.15, 0.2) is 0 Å². The summed E-state index contributed by atoms with van der Waals surface area (Å²) < 4.78 is 0. The van der Waals surface area contributed by atoms with Crippen molar-refractivity contribution in [2.45, 2.75) is 13.0 Å². The molecule has 3 heteroatoms. The summed E-state index contributed by atoms with van der Waals surface area (Å²) >= 11 is 0. The monoisotopic (exact) mass is 241 g/mol. The van der Waals surface area contributed by atoms with Crippen molar-refractivity contribution >= 4 is 5.97 Å². The van der Waals surface area contributed by atoms with Gasteiger partial charge in [-0.15, -0.1) is 0 Å². The number of carbonyl (C=O) groups is 1. The largest absolute Gasteiger partial charge is 0.480 e. The summed E-state index contributed by atoms with van der Waals surface area (Å²) in [5.74, 6) is -1.02. The second kappa shape index (κ2) is 5.02. The fraction of sp³-hybridized carbons (Fsp3) is 0.133. The van der Waals surface area contributed by atoms with Crippen molar-refractivity contribution in [3.8, 4) is 11.1 Å². The highest BCUT2D eigenvalue weighted by atomic mass is 16.4. The van der Waals surface area contributed by atoms with Crippen molar-refractivity contribution in [3.63, 3.8) is 0 Å². The lowest BCUT2D eigenvalue weighted by atomic mass is 10.0. The Labute approximate surface area is 106 Å². The average molecular weight is 241 g/mol. The van der Waals surface area contributed by atoms with Gasteiger partial charge in [-0.2, -0.15) is 0 Å². The molecule has 2 aromatic carbocycles. The molecular weight excluding hydrogens is 226 g/mol. The lowest BCUT2D eigenvalue weighted by Crippen LogP contribution is -2.20. The SMILES string of the molecule is Cc1ccc(-c2ccc(C(N)C(=O)O)cc2)cc1. The smallest absolute Gasteiger partial charge is 0.325 e. The van der Waals surface area contributed by atoms with Crippen LogP contribution in [-0.2, 0) is 4.79 Å². The van der Waals surface area contributed by atoms with Crippen molar-refractivity contribution in [2.24, 2.45) is 5.73 Å². The molecule has 1 unspecified atom stereocenters. The molecule has 0 heterocycles. The lowest BCUT2D eigenvalue weighted by molar-refractivity contribution is -0.138. The Morgan fingerprint density at radius 1 is 1.00 bits per heavy atom. The van der Waals surface area contributed by atoms with E-state index in [2.05, 4.69) is 0 Å². The van der Waals surface area contributed by atoms with E-state index in [1.807, 2.05) is 43.3 Å².